The molecule has 1 aromatic rings. The predicted molar refractivity (Wildman–Crippen MR) is 75.4 cm³/mol. The average Bonchev–Trinajstić information content (AvgIpc) is 2.34. The first-order valence-electron chi connectivity index (χ1n) is 6.41. The third kappa shape index (κ3) is 4.04. The summed E-state index contributed by atoms with van der Waals surface area (Å²) in [6, 6.07) is 6.10. The second kappa shape index (κ2) is 7.01. The first-order chi connectivity index (χ1) is 8.58. The molecule has 4 heteroatoms. The molecule has 0 bridgehead atoms. The number of carbonyl (C=O) groups is 1. The highest BCUT2D eigenvalue weighted by molar-refractivity contribution is 5.79. The van der Waals surface area contributed by atoms with E-state index in [-0.39, 0.29) is 12.5 Å². The summed E-state index contributed by atoms with van der Waals surface area (Å²) in [6.45, 7) is 5.82. The van der Waals surface area contributed by atoms with Crippen molar-refractivity contribution in [3.05, 3.63) is 29.3 Å². The molecule has 0 heterocycles. The number of hydrogen-bond donors (Lipinski definition) is 2. The zero-order valence-electron chi connectivity index (χ0n) is 11.3. The van der Waals surface area contributed by atoms with Gasteiger partial charge in [0, 0.05) is 18.8 Å². The van der Waals surface area contributed by atoms with E-state index in [9.17, 15) is 4.79 Å². The van der Waals surface area contributed by atoms with Gasteiger partial charge < -0.3 is 16.4 Å². The Morgan fingerprint density at radius 2 is 2.11 bits per heavy atom. The van der Waals surface area contributed by atoms with E-state index in [2.05, 4.69) is 13.0 Å². The van der Waals surface area contributed by atoms with Crippen molar-refractivity contribution in [2.45, 2.75) is 33.2 Å². The minimum Gasteiger partial charge on any atom is -0.368 e. The van der Waals surface area contributed by atoms with Crippen LogP contribution in [0.5, 0.6) is 0 Å². The highest BCUT2D eigenvalue weighted by atomic mass is 16.1. The van der Waals surface area contributed by atoms with Crippen LogP contribution < -0.4 is 16.4 Å². The van der Waals surface area contributed by atoms with E-state index in [0.29, 0.717) is 6.54 Å². The van der Waals surface area contributed by atoms with E-state index in [1.165, 1.54) is 0 Å². The van der Waals surface area contributed by atoms with Crippen molar-refractivity contribution in [1.29, 1.82) is 0 Å². The molecule has 0 aliphatic rings. The highest BCUT2D eigenvalue weighted by Gasteiger charge is 2.10. The molecule has 0 unspecified atom stereocenters. The lowest BCUT2D eigenvalue weighted by Crippen LogP contribution is -2.34. The quantitative estimate of drug-likeness (QED) is 0.770. The summed E-state index contributed by atoms with van der Waals surface area (Å²) in [5.74, 6) is -0.299. The smallest absolute Gasteiger partial charge is 0.236 e. The molecular formula is C14H23N3O. The highest BCUT2D eigenvalue weighted by Crippen LogP contribution is 2.19. The molecule has 0 radical (unpaired) electrons. The Bertz CT molecular complexity index is 404. The topological polar surface area (TPSA) is 72.3 Å². The fourth-order valence-corrected chi connectivity index (χ4v) is 1.94. The van der Waals surface area contributed by atoms with Crippen LogP contribution in [0.15, 0.2) is 18.2 Å². The number of rotatable bonds is 7. The molecule has 1 aromatic carbocycles. The molecule has 0 saturated carbocycles. The number of nitrogens with two attached hydrogens (primary N) is 2. The van der Waals surface area contributed by atoms with Gasteiger partial charge in [0.15, 0.2) is 0 Å². The van der Waals surface area contributed by atoms with E-state index >= 15 is 0 Å². The second-order valence-corrected chi connectivity index (χ2v) is 4.56. The average molecular weight is 249 g/mol. The van der Waals surface area contributed by atoms with Crippen molar-refractivity contribution in [1.82, 2.24) is 0 Å². The van der Waals surface area contributed by atoms with E-state index in [1.807, 2.05) is 24.0 Å². The largest absolute Gasteiger partial charge is 0.368 e. The van der Waals surface area contributed by atoms with Crippen LogP contribution in [0.4, 0.5) is 5.69 Å². The number of unbranched alkanes of at least 4 members (excludes halogenated alkanes) is 1. The Hall–Kier alpha value is -1.55. The monoisotopic (exact) mass is 249 g/mol. The lowest BCUT2D eigenvalue weighted by atomic mass is 10.1. The first-order valence-corrected chi connectivity index (χ1v) is 6.41. The summed E-state index contributed by atoms with van der Waals surface area (Å²) < 4.78 is 0. The van der Waals surface area contributed by atoms with Gasteiger partial charge in [0.25, 0.3) is 0 Å². The Morgan fingerprint density at radius 3 is 2.61 bits per heavy atom. The van der Waals surface area contributed by atoms with Gasteiger partial charge >= 0.3 is 0 Å². The number of nitrogens with zero attached hydrogens (tertiary/aromatic N) is 1. The number of primary amides is 1. The molecule has 4 N–H and O–H groups in total. The first kappa shape index (κ1) is 14.5. The van der Waals surface area contributed by atoms with Gasteiger partial charge in [0.05, 0.1) is 6.54 Å². The van der Waals surface area contributed by atoms with Gasteiger partial charge in [-0.05, 0) is 36.6 Å². The Morgan fingerprint density at radius 1 is 1.39 bits per heavy atom. The second-order valence-electron chi connectivity index (χ2n) is 4.56. The van der Waals surface area contributed by atoms with Crippen LogP contribution in [0.25, 0.3) is 0 Å². The number of benzene rings is 1. The van der Waals surface area contributed by atoms with Crippen molar-refractivity contribution in [2.75, 3.05) is 18.0 Å². The molecule has 100 valence electrons. The summed E-state index contributed by atoms with van der Waals surface area (Å²) >= 11 is 0. The number of anilines is 1. The molecule has 0 aliphatic carbocycles. The van der Waals surface area contributed by atoms with Crippen molar-refractivity contribution in [3.63, 3.8) is 0 Å². The zero-order chi connectivity index (χ0) is 13.5. The molecule has 0 atom stereocenters. The van der Waals surface area contributed by atoms with Crippen LogP contribution in [-0.2, 0) is 11.3 Å². The molecule has 1 amide bonds. The predicted octanol–water partition coefficient (Wildman–Crippen LogP) is 1.55. The zero-order valence-corrected chi connectivity index (χ0v) is 11.3. The molecule has 4 nitrogen and oxygen atoms in total. The van der Waals surface area contributed by atoms with E-state index in [4.69, 9.17) is 11.5 Å². The van der Waals surface area contributed by atoms with Crippen LogP contribution >= 0.6 is 0 Å². The maximum absolute atomic E-state index is 11.1. The number of amides is 1. The molecule has 0 fully saturated rings. The van der Waals surface area contributed by atoms with Crippen molar-refractivity contribution in [3.8, 4) is 0 Å². The standard InChI is InChI=1S/C14H23N3O/c1-3-4-7-17(10-14(16)18)13-6-5-12(9-15)11(2)8-13/h5-6,8H,3-4,7,9-10,15H2,1-2H3,(H2,16,18). The summed E-state index contributed by atoms with van der Waals surface area (Å²) in [5.41, 5.74) is 14.3. The van der Waals surface area contributed by atoms with Gasteiger partial charge in [0.1, 0.15) is 0 Å². The minimum absolute atomic E-state index is 0.265. The van der Waals surface area contributed by atoms with Crippen molar-refractivity contribution >= 4 is 11.6 Å². The molecule has 18 heavy (non-hydrogen) atoms. The maximum Gasteiger partial charge on any atom is 0.236 e. The summed E-state index contributed by atoms with van der Waals surface area (Å²) in [6.07, 6.45) is 2.14. The van der Waals surface area contributed by atoms with E-state index in [0.717, 1.165) is 36.2 Å². The van der Waals surface area contributed by atoms with Gasteiger partial charge in [-0.25, -0.2) is 0 Å². The van der Waals surface area contributed by atoms with Crippen LogP contribution in [0.1, 0.15) is 30.9 Å². The van der Waals surface area contributed by atoms with E-state index in [1.54, 1.807) is 0 Å². The van der Waals surface area contributed by atoms with Gasteiger partial charge in [-0.1, -0.05) is 19.4 Å². The fourth-order valence-electron chi connectivity index (χ4n) is 1.94. The molecular weight excluding hydrogens is 226 g/mol. The number of hydrogen-bond acceptors (Lipinski definition) is 3. The fraction of sp³-hybridized carbons (Fsp3) is 0.500. The number of carbonyl (C=O) groups excluding carboxylic acids is 1. The maximum atomic E-state index is 11.1. The molecule has 0 aliphatic heterocycles. The molecule has 1 rings (SSSR count). The van der Waals surface area contributed by atoms with Crippen LogP contribution in [0, 0.1) is 6.92 Å². The Labute approximate surface area is 109 Å². The van der Waals surface area contributed by atoms with Crippen molar-refractivity contribution < 1.29 is 4.79 Å². The Balaban J connectivity index is 2.89. The van der Waals surface area contributed by atoms with Gasteiger partial charge in [-0.2, -0.15) is 0 Å². The van der Waals surface area contributed by atoms with Crippen LogP contribution in [-0.4, -0.2) is 19.0 Å². The molecule has 0 saturated heterocycles. The van der Waals surface area contributed by atoms with Crippen LogP contribution in [0.3, 0.4) is 0 Å². The third-order valence-electron chi connectivity index (χ3n) is 3.04. The number of aryl methyl sites for hydroxylation is 1. The summed E-state index contributed by atoms with van der Waals surface area (Å²) in [5, 5.41) is 0. The van der Waals surface area contributed by atoms with Gasteiger partial charge in [-0.3, -0.25) is 4.79 Å². The summed E-state index contributed by atoms with van der Waals surface area (Å²) in [4.78, 5) is 13.1. The lowest BCUT2D eigenvalue weighted by Gasteiger charge is -2.24. The Kier molecular flexibility index (Phi) is 5.65. The van der Waals surface area contributed by atoms with Crippen LogP contribution in [0.2, 0.25) is 0 Å². The van der Waals surface area contributed by atoms with Gasteiger partial charge in [0.2, 0.25) is 5.91 Å². The third-order valence-corrected chi connectivity index (χ3v) is 3.04. The lowest BCUT2D eigenvalue weighted by molar-refractivity contribution is -0.116. The van der Waals surface area contributed by atoms with Gasteiger partial charge in [-0.15, -0.1) is 0 Å². The molecule has 0 spiro atoms. The SMILES string of the molecule is CCCCN(CC(N)=O)c1ccc(CN)c(C)c1. The summed E-state index contributed by atoms with van der Waals surface area (Å²) in [7, 11) is 0. The normalized spacial score (nSPS) is 10.4. The van der Waals surface area contributed by atoms with E-state index < -0.39 is 0 Å². The molecule has 0 aromatic heterocycles. The minimum atomic E-state index is -0.299. The van der Waals surface area contributed by atoms with Crippen molar-refractivity contribution in [2.24, 2.45) is 11.5 Å².